The van der Waals surface area contributed by atoms with Crippen LogP contribution >= 0.6 is 0 Å². The van der Waals surface area contributed by atoms with Gasteiger partial charge in [0.15, 0.2) is 0 Å². The van der Waals surface area contributed by atoms with Crippen LogP contribution in [-0.4, -0.2) is 61.7 Å². The molecule has 0 aliphatic heterocycles. The smallest absolute Gasteiger partial charge is 0.127 e. The van der Waals surface area contributed by atoms with E-state index in [-0.39, 0.29) is 0 Å². The van der Waals surface area contributed by atoms with Crippen LogP contribution in [-0.2, 0) is 22.4 Å². The van der Waals surface area contributed by atoms with Gasteiger partial charge >= 0.3 is 0 Å². The average molecular weight is 981 g/mol. The van der Waals surface area contributed by atoms with Gasteiger partial charge in [0, 0.05) is 73.2 Å². The Hall–Kier alpha value is -9.42. The molecule has 12 heteroatoms. The zero-order valence-electron chi connectivity index (χ0n) is 42.6. The number of anilines is 4. The molecule has 0 amide bonds. The summed E-state index contributed by atoms with van der Waals surface area (Å²) in [5.41, 5.74) is 17.8. The molecule has 8 aromatic carbocycles. The highest BCUT2D eigenvalue weighted by Gasteiger charge is 2.16. The minimum Gasteiger partial charge on any atom is -0.457 e. The number of nitrogens with zero attached hydrogens (tertiary/aromatic N) is 4. The first-order valence-electron chi connectivity index (χ1n) is 24.2. The van der Waals surface area contributed by atoms with Crippen LogP contribution in [0.1, 0.15) is 25.0 Å². The third-order valence-corrected chi connectivity index (χ3v) is 12.2. The van der Waals surface area contributed by atoms with Gasteiger partial charge in [-0.1, -0.05) is 50.2 Å². The van der Waals surface area contributed by atoms with Gasteiger partial charge in [-0.15, -0.1) is 0 Å². The summed E-state index contributed by atoms with van der Waals surface area (Å²) < 4.78 is 12.2. The van der Waals surface area contributed by atoms with Gasteiger partial charge in [-0.05, 0) is 170 Å². The quantitative estimate of drug-likeness (QED) is 0.0820. The number of hydrogen-bond donors (Lipinski definition) is 4. The summed E-state index contributed by atoms with van der Waals surface area (Å²) in [6, 6.07) is 61.0. The molecule has 12 nitrogen and oxygen atoms in total. The Morgan fingerprint density at radius 3 is 0.811 bits per heavy atom. The predicted octanol–water partition coefficient (Wildman–Crippen LogP) is 14.4. The lowest BCUT2D eigenvalue weighted by Gasteiger charge is -2.13. The number of aromatic nitrogens is 4. The molecule has 10 aromatic rings. The number of nitrogens with one attached hydrogen (secondary N) is 4. The number of carbonyl (C=O) groups is 2. The van der Waals surface area contributed by atoms with Crippen molar-refractivity contribution in [3.05, 3.63) is 193 Å². The molecule has 10 rings (SSSR count). The largest absolute Gasteiger partial charge is 0.457 e. The van der Waals surface area contributed by atoms with Gasteiger partial charge in [0.25, 0.3) is 0 Å². The molecule has 74 heavy (non-hydrogen) atoms. The number of fused-ring (bicyclic) bond motifs is 2. The summed E-state index contributed by atoms with van der Waals surface area (Å²) in [6.45, 7) is 8.30. The molecule has 2 heterocycles. The Labute approximate surface area is 432 Å². The van der Waals surface area contributed by atoms with Crippen LogP contribution in [0, 0.1) is 0 Å². The fraction of sp³-hybridized carbons (Fsp3) is 0.129. The Kier molecular flexibility index (Phi) is 18.1. The summed E-state index contributed by atoms with van der Waals surface area (Å²) in [7, 11) is 7.64. The van der Waals surface area contributed by atoms with Crippen molar-refractivity contribution >= 4 is 58.4 Å². The van der Waals surface area contributed by atoms with E-state index in [1.807, 2.05) is 139 Å². The van der Waals surface area contributed by atoms with Gasteiger partial charge in [-0.2, -0.15) is 0 Å². The van der Waals surface area contributed by atoms with Gasteiger partial charge < -0.3 is 40.3 Å². The first kappa shape index (κ1) is 52.4. The Morgan fingerprint density at radius 2 is 0.554 bits per heavy atom. The monoisotopic (exact) mass is 980 g/mol. The van der Waals surface area contributed by atoms with Crippen molar-refractivity contribution in [1.29, 1.82) is 0 Å². The lowest BCUT2D eigenvalue weighted by Crippen LogP contribution is -1.97. The SMILES string of the molecule is C=O.C=O.CCc1ccc2nc(-c3ccc(NC)cc3)c(-c3ccc(NC)cc3)nc2c1.CCc1ccc2nc(-c3ccc(Oc4ccc(NC)cc4)cc3)c(-c3ccc(Oc4ccc(NC)cc4)cc3)nc2c1. The van der Waals surface area contributed by atoms with Gasteiger partial charge in [0.2, 0.25) is 0 Å². The first-order valence-corrected chi connectivity index (χ1v) is 24.2. The number of hydrogen-bond acceptors (Lipinski definition) is 12. The van der Waals surface area contributed by atoms with E-state index < -0.39 is 0 Å². The van der Waals surface area contributed by atoms with Crippen LogP contribution in [0.25, 0.3) is 67.1 Å². The molecule has 2 aromatic heterocycles. The fourth-order valence-corrected chi connectivity index (χ4v) is 8.05. The van der Waals surface area contributed by atoms with Gasteiger partial charge in [0.05, 0.1) is 44.8 Å². The van der Waals surface area contributed by atoms with Crippen molar-refractivity contribution in [3.8, 4) is 68.0 Å². The highest BCUT2D eigenvalue weighted by atomic mass is 16.5. The van der Waals surface area contributed by atoms with Gasteiger partial charge in [-0.25, -0.2) is 19.9 Å². The first-order chi connectivity index (χ1) is 36.3. The highest BCUT2D eigenvalue weighted by Crippen LogP contribution is 2.36. The number of rotatable bonds is 14. The molecular weight excluding hydrogens is 921 g/mol. The summed E-state index contributed by atoms with van der Waals surface area (Å²) in [4.78, 5) is 36.2. The van der Waals surface area contributed by atoms with Crippen LogP contribution in [0.4, 0.5) is 22.7 Å². The zero-order valence-corrected chi connectivity index (χ0v) is 42.6. The molecule has 0 radical (unpaired) electrons. The number of aryl methyl sites for hydroxylation is 2. The molecular formula is C62H60N8O4. The number of carbonyl (C=O) groups excluding carboxylic acids is 2. The summed E-state index contributed by atoms with van der Waals surface area (Å²) >= 11 is 0. The molecule has 372 valence electrons. The van der Waals surface area contributed by atoms with E-state index >= 15 is 0 Å². The maximum absolute atomic E-state index is 8.00. The third kappa shape index (κ3) is 12.7. The second kappa shape index (κ2) is 25.6. The standard InChI is InChI=1S/C36H32N4O2.C24H24N4.2CH2O/c1-4-24-5-22-33-34(23-24)40-36(26-8-16-30(17-9-26)42-32-20-12-28(38-3)13-21-32)35(39-33)25-6-14-29(15-7-25)41-31-18-10-27(37-2)11-19-31;1-4-16-5-14-21-22(15-16)28-24(18-8-12-20(26-3)13-9-18)23(27-21)17-6-10-19(25-2)11-7-17;2*1-2/h5-23,37-38H,4H2,1-3H3;5-15,25-26H,4H2,1-3H3;2*1H2. The lowest BCUT2D eigenvalue weighted by atomic mass is 10.0. The predicted molar refractivity (Wildman–Crippen MR) is 305 cm³/mol. The van der Waals surface area contributed by atoms with Crippen LogP contribution in [0.5, 0.6) is 23.0 Å². The minimum absolute atomic E-state index is 0.753. The fourth-order valence-electron chi connectivity index (χ4n) is 8.05. The van der Waals surface area contributed by atoms with Crippen molar-refractivity contribution in [3.63, 3.8) is 0 Å². The Morgan fingerprint density at radius 1 is 0.324 bits per heavy atom. The summed E-state index contributed by atoms with van der Waals surface area (Å²) in [5.74, 6) is 3.06. The van der Waals surface area contributed by atoms with Crippen molar-refractivity contribution in [2.45, 2.75) is 26.7 Å². The van der Waals surface area contributed by atoms with E-state index in [0.717, 1.165) is 126 Å². The van der Waals surface area contributed by atoms with Crippen LogP contribution in [0.15, 0.2) is 182 Å². The maximum Gasteiger partial charge on any atom is 0.127 e. The van der Waals surface area contributed by atoms with Crippen LogP contribution in [0.3, 0.4) is 0 Å². The molecule has 0 bridgehead atoms. The molecule has 0 unspecified atom stereocenters. The molecule has 4 N–H and O–H groups in total. The lowest BCUT2D eigenvalue weighted by molar-refractivity contribution is -0.0987. The zero-order chi connectivity index (χ0) is 52.4. The molecule has 0 saturated carbocycles. The van der Waals surface area contributed by atoms with Crippen molar-refractivity contribution in [2.24, 2.45) is 0 Å². The van der Waals surface area contributed by atoms with Crippen molar-refractivity contribution < 1.29 is 19.1 Å². The van der Waals surface area contributed by atoms with Crippen LogP contribution < -0.4 is 30.7 Å². The number of ether oxygens (including phenoxy) is 2. The van der Waals surface area contributed by atoms with Gasteiger partial charge in [-0.3, -0.25) is 0 Å². The molecule has 0 saturated heterocycles. The Bertz CT molecular complexity index is 3390. The average Bonchev–Trinajstić information content (AvgIpc) is 3.48. The minimum atomic E-state index is 0.753. The van der Waals surface area contributed by atoms with E-state index in [4.69, 9.17) is 39.0 Å². The summed E-state index contributed by atoms with van der Waals surface area (Å²) in [6.07, 6.45) is 1.92. The second-order valence-corrected chi connectivity index (χ2v) is 16.7. The van der Waals surface area contributed by atoms with E-state index in [0.29, 0.717) is 0 Å². The second-order valence-electron chi connectivity index (χ2n) is 16.7. The van der Waals surface area contributed by atoms with E-state index in [2.05, 4.69) is 120 Å². The normalized spacial score (nSPS) is 10.4. The molecule has 0 aliphatic carbocycles. The van der Waals surface area contributed by atoms with Crippen molar-refractivity contribution in [2.75, 3.05) is 49.5 Å². The molecule has 0 atom stereocenters. The van der Waals surface area contributed by atoms with E-state index in [9.17, 15) is 0 Å². The van der Waals surface area contributed by atoms with E-state index in [1.54, 1.807) is 0 Å². The van der Waals surface area contributed by atoms with Crippen LogP contribution in [0.2, 0.25) is 0 Å². The molecule has 0 fully saturated rings. The van der Waals surface area contributed by atoms with Crippen molar-refractivity contribution in [1.82, 2.24) is 19.9 Å². The Balaban J connectivity index is 0.000000217. The number of benzene rings is 8. The third-order valence-electron chi connectivity index (χ3n) is 12.2. The van der Waals surface area contributed by atoms with E-state index in [1.165, 1.54) is 11.1 Å². The van der Waals surface area contributed by atoms with Gasteiger partial charge in [0.1, 0.15) is 36.6 Å². The molecule has 0 aliphatic rings. The molecule has 0 spiro atoms. The maximum atomic E-state index is 8.00. The summed E-state index contributed by atoms with van der Waals surface area (Å²) in [5, 5.41) is 12.6. The highest BCUT2D eigenvalue weighted by molar-refractivity contribution is 5.88. The topological polar surface area (TPSA) is 152 Å².